The number of carbonyl (C=O) groups is 1. The first-order valence-corrected chi connectivity index (χ1v) is 10.8. The van der Waals surface area contributed by atoms with Gasteiger partial charge in [0.05, 0.1) is 23.4 Å². The predicted octanol–water partition coefficient (Wildman–Crippen LogP) is 4.38. The Morgan fingerprint density at radius 1 is 1.00 bits per heavy atom. The minimum Gasteiger partial charge on any atom is -0.360 e. The van der Waals surface area contributed by atoms with Crippen LogP contribution in [-0.4, -0.2) is 60.1 Å². The summed E-state index contributed by atoms with van der Waals surface area (Å²) in [6, 6.07) is 2.86. The van der Waals surface area contributed by atoms with E-state index < -0.39 is 35.0 Å². The van der Waals surface area contributed by atoms with Crippen LogP contribution in [-0.2, 0) is 18.9 Å². The Labute approximate surface area is 192 Å². The maximum atomic E-state index is 13.1. The van der Waals surface area contributed by atoms with Gasteiger partial charge >= 0.3 is 12.4 Å². The Morgan fingerprint density at radius 3 is 2.09 bits per heavy atom. The molecule has 2 heterocycles. The minimum absolute atomic E-state index is 0.0180. The van der Waals surface area contributed by atoms with Crippen LogP contribution in [0.2, 0.25) is 0 Å². The lowest BCUT2D eigenvalue weighted by atomic mass is 10.0. The molecular weight excluding hydrogens is 466 g/mol. The Balaban J connectivity index is 1.52. The van der Waals surface area contributed by atoms with E-state index >= 15 is 0 Å². The van der Waals surface area contributed by atoms with Crippen LogP contribution >= 0.6 is 0 Å². The van der Waals surface area contributed by atoms with Gasteiger partial charge in [-0.2, -0.15) is 26.3 Å². The van der Waals surface area contributed by atoms with E-state index in [1.807, 2.05) is 19.9 Å². The first-order chi connectivity index (χ1) is 15.8. The Kier molecular flexibility index (Phi) is 7.91. The van der Waals surface area contributed by atoms with Gasteiger partial charge in [0.15, 0.2) is 5.76 Å². The fourth-order valence-corrected chi connectivity index (χ4v) is 3.57. The fourth-order valence-electron chi connectivity index (χ4n) is 3.57. The summed E-state index contributed by atoms with van der Waals surface area (Å²) in [5.41, 5.74) is -2.74. The third-order valence-electron chi connectivity index (χ3n) is 5.57. The first-order valence-electron chi connectivity index (χ1n) is 10.8. The summed E-state index contributed by atoms with van der Waals surface area (Å²) in [7, 11) is 0. The van der Waals surface area contributed by atoms with Crippen LogP contribution < -0.4 is 5.32 Å². The van der Waals surface area contributed by atoms with Gasteiger partial charge in [0.1, 0.15) is 0 Å². The Morgan fingerprint density at radius 2 is 1.59 bits per heavy atom. The van der Waals surface area contributed by atoms with E-state index in [-0.39, 0.29) is 25.1 Å². The topological polar surface area (TPSA) is 61.6 Å². The smallest absolute Gasteiger partial charge is 0.360 e. The zero-order valence-corrected chi connectivity index (χ0v) is 18.8. The SMILES string of the molecule is CC(C)c1cc(CNCCN2CCN(C(=O)c3cc(C(F)(F)F)cc(C(F)(F)F)c3)CC2)on1. The normalized spacial score (nSPS) is 15.9. The monoisotopic (exact) mass is 492 g/mol. The standard InChI is InChI=1S/C22H26F6N4O2/c1-14(2)19-12-18(34-30-19)13-29-3-4-31-5-7-32(8-6-31)20(33)15-9-16(21(23,24)25)11-17(10-15)22(26,27)28/h9-12,14,29H,3-8,13H2,1-2H3. The van der Waals surface area contributed by atoms with E-state index in [1.54, 1.807) is 0 Å². The molecular formula is C22H26F6N4O2. The van der Waals surface area contributed by atoms with E-state index in [9.17, 15) is 31.1 Å². The third-order valence-corrected chi connectivity index (χ3v) is 5.57. The molecule has 0 saturated carbocycles. The number of rotatable bonds is 7. The van der Waals surface area contributed by atoms with Crippen LogP contribution in [0, 0.1) is 0 Å². The van der Waals surface area contributed by atoms with Crippen molar-refractivity contribution in [2.75, 3.05) is 39.3 Å². The molecule has 1 N–H and O–H groups in total. The average molecular weight is 492 g/mol. The van der Waals surface area contributed by atoms with Gasteiger partial charge in [-0.3, -0.25) is 9.69 Å². The van der Waals surface area contributed by atoms with Crippen LogP contribution in [0.5, 0.6) is 0 Å². The van der Waals surface area contributed by atoms with Gasteiger partial charge < -0.3 is 14.7 Å². The zero-order chi connectivity index (χ0) is 25.1. The zero-order valence-electron chi connectivity index (χ0n) is 18.8. The van der Waals surface area contributed by atoms with Crippen molar-refractivity contribution in [1.29, 1.82) is 0 Å². The maximum Gasteiger partial charge on any atom is 0.416 e. The number of nitrogens with one attached hydrogen (secondary N) is 1. The van der Waals surface area contributed by atoms with Gasteiger partial charge in [-0.15, -0.1) is 0 Å². The van der Waals surface area contributed by atoms with Crippen LogP contribution in [0.1, 0.15) is 52.7 Å². The summed E-state index contributed by atoms with van der Waals surface area (Å²) in [4.78, 5) is 16.0. The molecule has 0 unspecified atom stereocenters. The highest BCUT2D eigenvalue weighted by Crippen LogP contribution is 2.36. The predicted molar refractivity (Wildman–Crippen MR) is 111 cm³/mol. The number of carbonyl (C=O) groups excluding carboxylic acids is 1. The van der Waals surface area contributed by atoms with E-state index in [4.69, 9.17) is 4.52 Å². The van der Waals surface area contributed by atoms with Crippen molar-refractivity contribution in [2.24, 2.45) is 0 Å². The summed E-state index contributed by atoms with van der Waals surface area (Å²) in [5.74, 6) is 0.145. The van der Waals surface area contributed by atoms with Crippen LogP contribution in [0.15, 0.2) is 28.8 Å². The highest BCUT2D eigenvalue weighted by atomic mass is 19.4. The molecule has 0 bridgehead atoms. The molecule has 34 heavy (non-hydrogen) atoms. The maximum absolute atomic E-state index is 13.1. The molecule has 1 aromatic carbocycles. The Bertz CT molecular complexity index is 946. The number of halogens is 6. The van der Waals surface area contributed by atoms with Gasteiger partial charge in [0.2, 0.25) is 0 Å². The fraction of sp³-hybridized carbons (Fsp3) is 0.545. The van der Waals surface area contributed by atoms with Gasteiger partial charge in [-0.1, -0.05) is 19.0 Å². The summed E-state index contributed by atoms with van der Waals surface area (Å²) in [5, 5.41) is 7.22. The van der Waals surface area contributed by atoms with Crippen molar-refractivity contribution in [3.63, 3.8) is 0 Å². The highest BCUT2D eigenvalue weighted by molar-refractivity contribution is 5.94. The molecule has 3 rings (SSSR count). The number of hydrogen-bond acceptors (Lipinski definition) is 5. The second kappa shape index (κ2) is 10.3. The van der Waals surface area contributed by atoms with Crippen molar-refractivity contribution in [1.82, 2.24) is 20.3 Å². The van der Waals surface area contributed by atoms with E-state index in [0.717, 1.165) is 11.5 Å². The number of hydrogen-bond donors (Lipinski definition) is 1. The molecule has 1 aromatic heterocycles. The second-order valence-corrected chi connectivity index (χ2v) is 8.48. The Hall–Kier alpha value is -2.60. The molecule has 0 spiro atoms. The largest absolute Gasteiger partial charge is 0.416 e. The van der Waals surface area contributed by atoms with Gasteiger partial charge in [0.25, 0.3) is 5.91 Å². The molecule has 12 heteroatoms. The van der Waals surface area contributed by atoms with Gasteiger partial charge in [-0.25, -0.2) is 0 Å². The summed E-state index contributed by atoms with van der Waals surface area (Å²) >= 11 is 0. The lowest BCUT2D eigenvalue weighted by Crippen LogP contribution is -2.50. The van der Waals surface area contributed by atoms with Crippen LogP contribution in [0.25, 0.3) is 0 Å². The lowest BCUT2D eigenvalue weighted by Gasteiger charge is -2.35. The molecule has 188 valence electrons. The van der Waals surface area contributed by atoms with Crippen LogP contribution in [0.4, 0.5) is 26.3 Å². The number of alkyl halides is 6. The molecule has 0 aliphatic carbocycles. The quantitative estimate of drug-likeness (QED) is 0.459. The molecule has 1 saturated heterocycles. The average Bonchev–Trinajstić information content (AvgIpc) is 3.24. The highest BCUT2D eigenvalue weighted by Gasteiger charge is 2.38. The minimum atomic E-state index is -5.00. The molecule has 1 aliphatic heterocycles. The summed E-state index contributed by atoms with van der Waals surface area (Å²) in [6.07, 6.45) is -9.99. The molecule has 1 fully saturated rings. The second-order valence-electron chi connectivity index (χ2n) is 8.48. The molecule has 2 aromatic rings. The summed E-state index contributed by atoms with van der Waals surface area (Å²) in [6.45, 7) is 7.16. The van der Waals surface area contributed by atoms with Crippen molar-refractivity contribution in [3.05, 3.63) is 52.4 Å². The summed E-state index contributed by atoms with van der Waals surface area (Å²) < 4.78 is 83.7. The van der Waals surface area contributed by atoms with Crippen LogP contribution in [0.3, 0.4) is 0 Å². The van der Waals surface area contributed by atoms with Gasteiger partial charge in [-0.05, 0) is 24.1 Å². The van der Waals surface area contributed by atoms with Crippen molar-refractivity contribution < 1.29 is 35.7 Å². The lowest BCUT2D eigenvalue weighted by molar-refractivity contribution is -0.143. The van der Waals surface area contributed by atoms with Crippen molar-refractivity contribution in [2.45, 2.75) is 38.7 Å². The number of piperazine rings is 1. The van der Waals surface area contributed by atoms with Crippen molar-refractivity contribution >= 4 is 5.91 Å². The molecule has 6 nitrogen and oxygen atoms in total. The van der Waals surface area contributed by atoms with Crippen molar-refractivity contribution in [3.8, 4) is 0 Å². The van der Waals surface area contributed by atoms with E-state index in [2.05, 4.69) is 15.4 Å². The number of aromatic nitrogens is 1. The van der Waals surface area contributed by atoms with Gasteiger partial charge in [0, 0.05) is 50.9 Å². The van der Waals surface area contributed by atoms with E-state index in [0.29, 0.717) is 44.9 Å². The molecule has 0 radical (unpaired) electrons. The molecule has 1 amide bonds. The number of nitrogens with zero attached hydrogens (tertiary/aromatic N) is 3. The molecule has 0 atom stereocenters. The van der Waals surface area contributed by atoms with E-state index in [1.165, 1.54) is 4.90 Å². The number of amides is 1. The first kappa shape index (κ1) is 26.0. The number of benzene rings is 1. The third kappa shape index (κ3) is 6.72. The molecule has 1 aliphatic rings.